The number of aromatic nitrogens is 1. The van der Waals surface area contributed by atoms with Gasteiger partial charge in [-0.2, -0.15) is 4.90 Å². The summed E-state index contributed by atoms with van der Waals surface area (Å²) >= 11 is 3.16. The highest BCUT2D eigenvalue weighted by molar-refractivity contribution is 9.12. The second-order valence-corrected chi connectivity index (χ2v) is 13.3. The quantitative estimate of drug-likeness (QED) is 0.178. The minimum atomic E-state index is -4.14. The molecule has 0 saturated carbocycles. The number of imide groups is 1. The van der Waals surface area contributed by atoms with Gasteiger partial charge in [0.15, 0.2) is 0 Å². The molecular weight excluding hydrogens is 604 g/mol. The number of anilines is 1. The third kappa shape index (κ3) is 6.92. The number of fused-ring (bicyclic) bond motifs is 1. The largest absolute Gasteiger partial charge is 0.465 e. The molecule has 12 heteroatoms. The van der Waals surface area contributed by atoms with Crippen LogP contribution < -0.4 is 4.90 Å². The summed E-state index contributed by atoms with van der Waals surface area (Å²) < 4.78 is 44.2. The topological polar surface area (TPSA) is 121 Å². The molecule has 1 heterocycles. The van der Waals surface area contributed by atoms with Crippen molar-refractivity contribution in [1.29, 1.82) is 0 Å². The van der Waals surface area contributed by atoms with E-state index in [0.717, 1.165) is 3.97 Å². The maximum absolute atomic E-state index is 13.7. The monoisotopic (exact) mass is 634 g/mol. The van der Waals surface area contributed by atoms with Gasteiger partial charge in [-0.3, -0.25) is 0 Å². The van der Waals surface area contributed by atoms with Crippen LogP contribution in [0.5, 0.6) is 0 Å². The second-order valence-electron chi connectivity index (χ2n) is 10.6. The summed E-state index contributed by atoms with van der Waals surface area (Å²) in [6.45, 7) is 9.85. The van der Waals surface area contributed by atoms with E-state index in [1.807, 2.05) is 0 Å². The first-order valence-corrected chi connectivity index (χ1v) is 14.4. The van der Waals surface area contributed by atoms with E-state index in [0.29, 0.717) is 4.90 Å². The van der Waals surface area contributed by atoms with Gasteiger partial charge in [-0.05, 0) is 87.8 Å². The Morgan fingerprint density at radius 1 is 0.875 bits per heavy atom. The Hall–Kier alpha value is -3.64. The number of ether oxygens (including phenoxy) is 3. The number of methoxy groups -OCH3 is 1. The fraction of sp³-hybridized carbons (Fsp3) is 0.321. The van der Waals surface area contributed by atoms with Gasteiger partial charge in [-0.15, -0.1) is 0 Å². The Morgan fingerprint density at radius 3 is 1.93 bits per heavy atom. The Labute approximate surface area is 241 Å². The molecular formula is C28H31BrN2O8S. The average molecular weight is 636 g/mol. The number of nitrogens with zero attached hydrogens (tertiary/aromatic N) is 2. The van der Waals surface area contributed by atoms with Crippen molar-refractivity contribution in [2.75, 3.05) is 12.0 Å². The van der Waals surface area contributed by atoms with E-state index in [9.17, 15) is 22.8 Å². The van der Waals surface area contributed by atoms with Gasteiger partial charge in [0.2, 0.25) is 0 Å². The van der Waals surface area contributed by atoms with E-state index in [1.54, 1.807) is 59.7 Å². The molecule has 0 aliphatic rings. The van der Waals surface area contributed by atoms with Crippen molar-refractivity contribution in [3.63, 3.8) is 0 Å². The lowest BCUT2D eigenvalue weighted by atomic mass is 10.1. The van der Waals surface area contributed by atoms with Crippen LogP contribution in [0.4, 0.5) is 15.3 Å². The molecule has 2 aromatic carbocycles. The Bertz CT molecular complexity index is 1550. The third-order valence-corrected chi connectivity index (χ3v) is 7.40. The van der Waals surface area contributed by atoms with Crippen molar-refractivity contribution < 1.29 is 37.0 Å². The standard InChI is InChI=1S/C28H31BrN2O8S/c1-27(2,3)38-25(33)31(26(34)39-28(4,5)6)22-15-11-14-21-23(22)18(16-20(29)24(32)37-7)17-30(21)40(35,36)19-12-9-8-10-13-19/h8-17H,1-7H3/b20-16-. The summed E-state index contributed by atoms with van der Waals surface area (Å²) in [6, 6.07) is 12.2. The summed E-state index contributed by atoms with van der Waals surface area (Å²) in [5.74, 6) is -0.722. The second kappa shape index (κ2) is 11.5. The molecule has 0 bridgehead atoms. The van der Waals surface area contributed by atoms with Crippen LogP contribution in [0.3, 0.4) is 0 Å². The maximum Gasteiger partial charge on any atom is 0.424 e. The highest BCUT2D eigenvalue weighted by Crippen LogP contribution is 2.37. The molecule has 0 aliphatic carbocycles. The van der Waals surface area contributed by atoms with Gasteiger partial charge in [0.1, 0.15) is 15.7 Å². The average Bonchev–Trinajstić information content (AvgIpc) is 3.21. The molecule has 0 atom stereocenters. The molecule has 0 unspecified atom stereocenters. The lowest BCUT2D eigenvalue weighted by Gasteiger charge is -2.29. The first-order chi connectivity index (χ1) is 18.5. The van der Waals surface area contributed by atoms with Gasteiger partial charge in [0.05, 0.1) is 23.2 Å². The van der Waals surface area contributed by atoms with Crippen LogP contribution in [-0.2, 0) is 29.0 Å². The van der Waals surface area contributed by atoms with Crippen molar-refractivity contribution in [2.45, 2.75) is 57.6 Å². The minimum absolute atomic E-state index is 0.0102. The van der Waals surface area contributed by atoms with Crippen molar-refractivity contribution in [3.8, 4) is 0 Å². The van der Waals surface area contributed by atoms with Gasteiger partial charge in [-0.25, -0.2) is 26.8 Å². The zero-order valence-electron chi connectivity index (χ0n) is 23.2. The molecule has 40 heavy (non-hydrogen) atoms. The Morgan fingerprint density at radius 2 is 1.43 bits per heavy atom. The fourth-order valence-electron chi connectivity index (χ4n) is 3.65. The van der Waals surface area contributed by atoms with Crippen molar-refractivity contribution >= 4 is 66.8 Å². The smallest absolute Gasteiger partial charge is 0.424 e. The van der Waals surface area contributed by atoms with E-state index >= 15 is 0 Å². The minimum Gasteiger partial charge on any atom is -0.465 e. The highest BCUT2D eigenvalue weighted by Gasteiger charge is 2.35. The number of hydrogen-bond donors (Lipinski definition) is 0. The number of amides is 2. The van der Waals surface area contributed by atoms with E-state index in [4.69, 9.17) is 14.2 Å². The highest BCUT2D eigenvalue weighted by atomic mass is 79.9. The summed E-state index contributed by atoms with van der Waals surface area (Å²) in [4.78, 5) is 39.8. The predicted octanol–water partition coefficient (Wildman–Crippen LogP) is 6.46. The van der Waals surface area contributed by atoms with Crippen molar-refractivity contribution in [1.82, 2.24) is 3.97 Å². The van der Waals surface area contributed by atoms with Gasteiger partial charge in [0.25, 0.3) is 10.0 Å². The zero-order chi connectivity index (χ0) is 30.0. The summed E-state index contributed by atoms with van der Waals surface area (Å²) in [5, 5.41) is 0.166. The number of halogens is 1. The normalized spacial score (nSPS) is 12.7. The van der Waals surface area contributed by atoms with Crippen LogP contribution in [0.15, 0.2) is 64.1 Å². The fourth-order valence-corrected chi connectivity index (χ4v) is 5.45. The molecule has 1 aromatic heterocycles. The van der Waals surface area contributed by atoms with E-state index in [1.165, 1.54) is 49.7 Å². The van der Waals surface area contributed by atoms with E-state index in [2.05, 4.69) is 15.9 Å². The molecule has 0 N–H and O–H groups in total. The van der Waals surface area contributed by atoms with Crippen LogP contribution >= 0.6 is 15.9 Å². The van der Waals surface area contributed by atoms with Gasteiger partial charge in [0, 0.05) is 17.1 Å². The molecule has 0 saturated heterocycles. The number of carbonyl (C=O) groups excluding carboxylic acids is 3. The van der Waals surface area contributed by atoms with Crippen molar-refractivity contribution in [3.05, 3.63) is 64.8 Å². The summed E-state index contributed by atoms with van der Waals surface area (Å²) in [6.07, 6.45) is 0.574. The SMILES string of the molecule is COC(=O)/C(Br)=C/c1cn(S(=O)(=O)c2ccccc2)c2cccc(N(C(=O)OC(C)(C)C)C(=O)OC(C)(C)C)c12. The summed E-state index contributed by atoms with van der Waals surface area (Å²) in [5.41, 5.74) is -1.62. The third-order valence-electron chi connectivity index (χ3n) is 5.16. The van der Waals surface area contributed by atoms with Crippen LogP contribution in [0, 0.1) is 0 Å². The van der Waals surface area contributed by atoms with E-state index < -0.39 is 39.4 Å². The van der Waals surface area contributed by atoms with Gasteiger partial charge in [-0.1, -0.05) is 24.3 Å². The number of carbonyl (C=O) groups is 3. The molecule has 3 rings (SSSR count). The molecule has 10 nitrogen and oxygen atoms in total. The first kappa shape index (κ1) is 30.9. The number of rotatable bonds is 5. The van der Waals surface area contributed by atoms with Gasteiger partial charge >= 0.3 is 18.2 Å². The molecule has 2 amide bonds. The number of benzene rings is 2. The molecule has 0 aliphatic heterocycles. The van der Waals surface area contributed by atoms with Crippen LogP contribution in [0.25, 0.3) is 17.0 Å². The van der Waals surface area contributed by atoms with Crippen molar-refractivity contribution in [2.24, 2.45) is 0 Å². The van der Waals surface area contributed by atoms with Gasteiger partial charge < -0.3 is 14.2 Å². The lowest BCUT2D eigenvalue weighted by Crippen LogP contribution is -2.43. The van der Waals surface area contributed by atoms with Crippen LogP contribution in [0.2, 0.25) is 0 Å². The molecule has 0 spiro atoms. The van der Waals surface area contributed by atoms with E-state index in [-0.39, 0.29) is 31.5 Å². The number of esters is 1. The Kier molecular flexibility index (Phi) is 8.85. The summed E-state index contributed by atoms with van der Waals surface area (Å²) in [7, 11) is -2.95. The van der Waals surface area contributed by atoms with Crippen LogP contribution in [-0.4, -0.2) is 48.9 Å². The zero-order valence-corrected chi connectivity index (χ0v) is 25.6. The molecule has 0 radical (unpaired) electrons. The molecule has 214 valence electrons. The maximum atomic E-state index is 13.7. The lowest BCUT2D eigenvalue weighted by molar-refractivity contribution is -0.135. The number of hydrogen-bond acceptors (Lipinski definition) is 8. The molecule has 3 aromatic rings. The molecule has 0 fully saturated rings. The first-order valence-electron chi connectivity index (χ1n) is 12.1. The van der Waals surface area contributed by atoms with Crippen LogP contribution in [0.1, 0.15) is 47.1 Å². The Balaban J connectivity index is 2.41. The predicted molar refractivity (Wildman–Crippen MR) is 155 cm³/mol.